The van der Waals surface area contributed by atoms with Crippen LogP contribution >= 0.6 is 0 Å². The van der Waals surface area contributed by atoms with Crippen LogP contribution in [0, 0.1) is 108 Å². The first-order valence-corrected chi connectivity index (χ1v) is 12.6. The number of rotatable bonds is 0. The van der Waals surface area contributed by atoms with Gasteiger partial charge in [0.15, 0.2) is 0 Å². The smallest absolute Gasteiger partial charge is 0.0412 e. The molecular formula is C42H18. The molecule has 0 bridgehead atoms. The minimum Gasteiger partial charge on any atom is -0.115 e. The molecule has 0 unspecified atom stereocenters. The van der Waals surface area contributed by atoms with Gasteiger partial charge in [-0.25, -0.2) is 0 Å². The Bertz CT molecular complexity index is 1930. The van der Waals surface area contributed by atoms with E-state index in [2.05, 4.69) is 88.8 Å². The lowest BCUT2D eigenvalue weighted by Gasteiger charge is -1.96. The Morgan fingerprint density at radius 1 is 0.310 bits per heavy atom. The van der Waals surface area contributed by atoms with Crippen LogP contribution in [0.1, 0.15) is 50.1 Å². The molecule has 4 aromatic rings. The molecule has 0 atom stereocenters. The molecule has 0 spiro atoms. The van der Waals surface area contributed by atoms with E-state index in [1.54, 1.807) is 0 Å². The van der Waals surface area contributed by atoms with Gasteiger partial charge in [0.05, 0.1) is 0 Å². The molecule has 0 heteroatoms. The molecule has 0 heterocycles. The third kappa shape index (κ3) is 7.96. The minimum absolute atomic E-state index is 0.696. The molecule has 4 rings (SSSR count). The molecule has 0 saturated heterocycles. The van der Waals surface area contributed by atoms with Gasteiger partial charge in [-0.3, -0.25) is 0 Å². The quantitative estimate of drug-likeness (QED) is 0.255. The molecule has 0 aromatic heterocycles. The highest BCUT2D eigenvalue weighted by molar-refractivity contribution is 5.58. The van der Waals surface area contributed by atoms with Gasteiger partial charge in [0.2, 0.25) is 0 Å². The van der Waals surface area contributed by atoms with E-state index in [4.69, 9.17) is 19.3 Å². The minimum atomic E-state index is 0.696. The van der Waals surface area contributed by atoms with Gasteiger partial charge in [0.25, 0.3) is 0 Å². The molecule has 0 radical (unpaired) electrons. The highest BCUT2D eigenvalue weighted by Crippen LogP contribution is 2.10. The summed E-state index contributed by atoms with van der Waals surface area (Å²) >= 11 is 0. The maximum absolute atomic E-state index is 5.56. The largest absolute Gasteiger partial charge is 0.115 e. The van der Waals surface area contributed by atoms with E-state index in [0.29, 0.717) is 16.7 Å². The maximum Gasteiger partial charge on any atom is 0.0412 e. The second-order valence-corrected chi connectivity index (χ2v) is 8.37. The number of hydrogen-bond acceptors (Lipinski definition) is 0. The van der Waals surface area contributed by atoms with Crippen molar-refractivity contribution in [1.82, 2.24) is 0 Å². The van der Waals surface area contributed by atoms with E-state index in [-0.39, 0.29) is 0 Å². The number of terminal acetylenes is 3. The Hall–Kier alpha value is -7.08. The lowest BCUT2D eigenvalue weighted by molar-refractivity contribution is 1.56. The van der Waals surface area contributed by atoms with Crippen molar-refractivity contribution in [1.29, 1.82) is 0 Å². The fourth-order valence-electron chi connectivity index (χ4n) is 3.60. The van der Waals surface area contributed by atoms with Crippen molar-refractivity contribution in [3.05, 3.63) is 141 Å². The van der Waals surface area contributed by atoms with Crippen LogP contribution in [0.25, 0.3) is 0 Å². The van der Waals surface area contributed by atoms with Crippen LogP contribution in [0.2, 0.25) is 0 Å². The predicted molar refractivity (Wildman–Crippen MR) is 171 cm³/mol. The van der Waals surface area contributed by atoms with Crippen molar-refractivity contribution in [3.8, 4) is 108 Å². The molecule has 0 N–H and O–H groups in total. The zero-order valence-corrected chi connectivity index (χ0v) is 22.4. The van der Waals surface area contributed by atoms with Gasteiger partial charge < -0.3 is 0 Å². The second-order valence-electron chi connectivity index (χ2n) is 8.37. The molecule has 186 valence electrons. The standard InChI is InChI=1S/C42H18/c1-4-37-22-13-16-28-40(37)25-10-7-19-34-31-35(20-8-11-26-41-29-17-14-23-38(41)5-2)33-36(32-34)21-9-12-27-42-30-18-15-24-39(42)6-3/h1-3,13-18,22-24,28-33H. The predicted octanol–water partition coefficient (Wildman–Crippen LogP) is 5.84. The van der Waals surface area contributed by atoms with E-state index in [1.807, 2.05) is 91.0 Å². The average Bonchev–Trinajstić information content (AvgIpc) is 3.04. The fourth-order valence-corrected chi connectivity index (χ4v) is 3.60. The zero-order valence-electron chi connectivity index (χ0n) is 22.4. The van der Waals surface area contributed by atoms with Crippen molar-refractivity contribution < 1.29 is 0 Å². The number of hydrogen-bond donors (Lipinski definition) is 0. The van der Waals surface area contributed by atoms with Crippen molar-refractivity contribution in [2.24, 2.45) is 0 Å². The van der Waals surface area contributed by atoms with Crippen molar-refractivity contribution >= 4 is 0 Å². The summed E-state index contributed by atoms with van der Waals surface area (Å²) in [6.45, 7) is 0. The van der Waals surface area contributed by atoms with Crippen LogP contribution in [0.5, 0.6) is 0 Å². The average molecular weight is 523 g/mol. The molecule has 0 aliphatic heterocycles. The van der Waals surface area contributed by atoms with Gasteiger partial charge in [-0.15, -0.1) is 19.3 Å². The molecule has 0 amide bonds. The molecule has 0 aliphatic rings. The van der Waals surface area contributed by atoms with E-state index in [1.165, 1.54) is 0 Å². The van der Waals surface area contributed by atoms with Gasteiger partial charge in [-0.2, -0.15) is 0 Å². The van der Waals surface area contributed by atoms with Gasteiger partial charge in [0.1, 0.15) is 0 Å². The molecule has 0 saturated carbocycles. The van der Waals surface area contributed by atoms with Gasteiger partial charge in [0, 0.05) is 50.1 Å². The first kappa shape index (κ1) is 27.9. The summed E-state index contributed by atoms with van der Waals surface area (Å²) in [5, 5.41) is 0. The lowest BCUT2D eigenvalue weighted by Crippen LogP contribution is -1.84. The molecule has 0 fully saturated rings. The molecular weight excluding hydrogens is 504 g/mol. The van der Waals surface area contributed by atoms with Crippen LogP contribution in [-0.4, -0.2) is 0 Å². The molecule has 0 nitrogen and oxygen atoms in total. The summed E-state index contributed by atoms with van der Waals surface area (Å²) in [7, 11) is 0. The highest BCUT2D eigenvalue weighted by Gasteiger charge is 1.97. The normalized spacial score (nSPS) is 8.21. The van der Waals surface area contributed by atoms with Gasteiger partial charge >= 0.3 is 0 Å². The zero-order chi connectivity index (χ0) is 29.4. The number of benzene rings is 4. The third-order valence-corrected chi connectivity index (χ3v) is 5.58. The van der Waals surface area contributed by atoms with E-state index >= 15 is 0 Å². The maximum atomic E-state index is 5.56. The third-order valence-electron chi connectivity index (χ3n) is 5.58. The van der Waals surface area contributed by atoms with Crippen LogP contribution in [0.3, 0.4) is 0 Å². The summed E-state index contributed by atoms with van der Waals surface area (Å²) in [6, 6.07) is 27.9. The fraction of sp³-hybridized carbons (Fsp3) is 0. The summed E-state index contributed by atoms with van der Waals surface area (Å²) in [6.07, 6.45) is 16.7. The van der Waals surface area contributed by atoms with Crippen LogP contribution in [0.15, 0.2) is 91.0 Å². The van der Waals surface area contributed by atoms with Gasteiger partial charge in [-0.05, 0) is 90.1 Å². The Kier molecular flexibility index (Phi) is 9.81. The molecule has 4 aromatic carbocycles. The van der Waals surface area contributed by atoms with Crippen molar-refractivity contribution in [3.63, 3.8) is 0 Å². The van der Waals surface area contributed by atoms with E-state index < -0.39 is 0 Å². The lowest BCUT2D eigenvalue weighted by atomic mass is 10.1. The molecule has 0 aliphatic carbocycles. The monoisotopic (exact) mass is 522 g/mol. The summed E-state index contributed by atoms with van der Waals surface area (Å²) < 4.78 is 0. The van der Waals surface area contributed by atoms with Gasteiger partial charge in [-0.1, -0.05) is 89.7 Å². The summed E-state index contributed by atoms with van der Waals surface area (Å²) in [4.78, 5) is 0. The second kappa shape index (κ2) is 14.8. The summed E-state index contributed by atoms with van der Waals surface area (Å²) in [5.41, 5.74) is 6.49. The van der Waals surface area contributed by atoms with Crippen LogP contribution in [0.4, 0.5) is 0 Å². The van der Waals surface area contributed by atoms with E-state index in [0.717, 1.165) is 33.4 Å². The molecule has 42 heavy (non-hydrogen) atoms. The summed E-state index contributed by atoms with van der Waals surface area (Å²) in [5.74, 6) is 43.4. The Morgan fingerprint density at radius 3 is 0.810 bits per heavy atom. The highest BCUT2D eigenvalue weighted by atomic mass is 14.0. The Morgan fingerprint density at radius 2 is 0.548 bits per heavy atom. The first-order valence-electron chi connectivity index (χ1n) is 12.6. The Labute approximate surface area is 248 Å². The topological polar surface area (TPSA) is 0 Å². The first-order chi connectivity index (χ1) is 20.7. The Balaban J connectivity index is 1.67. The van der Waals surface area contributed by atoms with Crippen molar-refractivity contribution in [2.75, 3.05) is 0 Å². The van der Waals surface area contributed by atoms with Crippen LogP contribution in [-0.2, 0) is 0 Å². The van der Waals surface area contributed by atoms with E-state index in [9.17, 15) is 0 Å². The van der Waals surface area contributed by atoms with Crippen LogP contribution < -0.4 is 0 Å². The SMILES string of the molecule is C#Cc1ccccc1C#CC#Cc1cc(C#CC#Cc2ccccc2C#C)cc(C#CC#Cc2ccccc2C#C)c1. The van der Waals surface area contributed by atoms with Crippen molar-refractivity contribution in [2.45, 2.75) is 0 Å².